The van der Waals surface area contributed by atoms with Crippen molar-refractivity contribution >= 4 is 34.9 Å². The van der Waals surface area contributed by atoms with E-state index in [1.165, 1.54) is 18.3 Å². The fourth-order valence-corrected chi connectivity index (χ4v) is 3.65. The van der Waals surface area contributed by atoms with Crippen molar-refractivity contribution in [3.05, 3.63) is 58.0 Å². The number of carbonyl (C=O) groups is 1. The van der Waals surface area contributed by atoms with Crippen molar-refractivity contribution in [2.45, 2.75) is 18.3 Å². The molecule has 0 atom stereocenters. The van der Waals surface area contributed by atoms with E-state index < -0.39 is 5.41 Å². The van der Waals surface area contributed by atoms with Crippen LogP contribution >= 0.6 is 23.2 Å². The molecule has 2 heterocycles. The highest BCUT2D eigenvalue weighted by molar-refractivity contribution is 6.35. The van der Waals surface area contributed by atoms with E-state index in [-0.39, 0.29) is 11.7 Å². The molecule has 1 aliphatic rings. The summed E-state index contributed by atoms with van der Waals surface area (Å²) in [6.45, 7) is 1.83. The van der Waals surface area contributed by atoms with E-state index in [2.05, 4.69) is 15.6 Å². The molecule has 27 heavy (non-hydrogen) atoms. The van der Waals surface area contributed by atoms with Crippen molar-refractivity contribution in [2.24, 2.45) is 0 Å². The summed E-state index contributed by atoms with van der Waals surface area (Å²) in [5.74, 6) is 0.0990. The van der Waals surface area contributed by atoms with Gasteiger partial charge in [-0.3, -0.25) is 4.79 Å². The van der Waals surface area contributed by atoms with E-state index in [1.54, 1.807) is 18.2 Å². The summed E-state index contributed by atoms with van der Waals surface area (Å²) in [6, 6.07) is 7.72. The van der Waals surface area contributed by atoms with Gasteiger partial charge in [-0.1, -0.05) is 35.3 Å². The zero-order chi connectivity index (χ0) is 19.3. The molecule has 1 aliphatic heterocycles. The first-order valence-corrected chi connectivity index (χ1v) is 9.44. The van der Waals surface area contributed by atoms with Crippen LogP contribution in [0.5, 0.6) is 0 Å². The molecule has 5 nitrogen and oxygen atoms in total. The molecule has 2 N–H and O–H groups in total. The predicted octanol–water partition coefficient (Wildman–Crippen LogP) is 3.80. The lowest BCUT2D eigenvalue weighted by Crippen LogP contribution is -2.49. The van der Waals surface area contributed by atoms with E-state index in [0.717, 1.165) is 5.56 Å². The number of carbonyl (C=O) groups excluding carboxylic acids is 1. The zero-order valence-electron chi connectivity index (χ0n) is 14.6. The van der Waals surface area contributed by atoms with Gasteiger partial charge < -0.3 is 15.4 Å². The molecular weight excluding hydrogens is 392 g/mol. The van der Waals surface area contributed by atoms with Gasteiger partial charge in [0.2, 0.25) is 5.91 Å². The van der Waals surface area contributed by atoms with Crippen molar-refractivity contribution in [2.75, 3.05) is 31.6 Å². The van der Waals surface area contributed by atoms with Crippen LogP contribution in [0.2, 0.25) is 10.0 Å². The normalized spacial score (nSPS) is 16.0. The number of aromatic nitrogens is 1. The number of hydrogen-bond donors (Lipinski definition) is 2. The first-order valence-electron chi connectivity index (χ1n) is 8.68. The Morgan fingerprint density at radius 2 is 1.89 bits per heavy atom. The molecule has 2 aromatic rings. The predicted molar refractivity (Wildman–Crippen MR) is 104 cm³/mol. The number of nitrogens with zero attached hydrogens (tertiary/aromatic N) is 1. The van der Waals surface area contributed by atoms with Gasteiger partial charge in [-0.05, 0) is 36.6 Å². The molecule has 0 unspecified atom stereocenters. The Kier molecular flexibility index (Phi) is 6.52. The Morgan fingerprint density at radius 1 is 1.19 bits per heavy atom. The van der Waals surface area contributed by atoms with Crippen LogP contribution in [0.4, 0.5) is 10.2 Å². The number of anilines is 1. The molecule has 1 amide bonds. The van der Waals surface area contributed by atoms with Gasteiger partial charge >= 0.3 is 0 Å². The molecule has 0 spiro atoms. The number of ether oxygens (including phenoxy) is 1. The third-order valence-electron chi connectivity index (χ3n) is 4.69. The largest absolute Gasteiger partial charge is 0.381 e. The second kappa shape index (κ2) is 8.87. The molecule has 0 radical (unpaired) electrons. The standard InChI is InChI=1S/C19H20Cl2FN3O2/c20-14-11-16(21)17(25-12-14)23-7-8-24-18(26)19(5-9-27-10-6-19)13-1-3-15(22)4-2-13/h1-4,11-12H,5-10H2,(H,23,25)(H,24,26). The second-order valence-corrected chi connectivity index (χ2v) is 7.21. The van der Waals surface area contributed by atoms with Crippen LogP contribution in [0, 0.1) is 5.82 Å². The smallest absolute Gasteiger partial charge is 0.230 e. The molecule has 1 saturated heterocycles. The summed E-state index contributed by atoms with van der Waals surface area (Å²) in [4.78, 5) is 17.1. The van der Waals surface area contributed by atoms with Gasteiger partial charge in [0.05, 0.1) is 15.5 Å². The quantitative estimate of drug-likeness (QED) is 0.709. The van der Waals surface area contributed by atoms with Crippen LogP contribution < -0.4 is 10.6 Å². The lowest BCUT2D eigenvalue weighted by molar-refractivity contribution is -0.130. The molecule has 0 aliphatic carbocycles. The topological polar surface area (TPSA) is 63.2 Å². The Labute approximate surface area is 167 Å². The lowest BCUT2D eigenvalue weighted by Gasteiger charge is -2.36. The van der Waals surface area contributed by atoms with Crippen LogP contribution in [0.15, 0.2) is 36.5 Å². The Hall–Kier alpha value is -1.89. The SMILES string of the molecule is O=C(NCCNc1ncc(Cl)cc1Cl)C1(c2ccc(F)cc2)CCOCC1. The van der Waals surface area contributed by atoms with Gasteiger partial charge in [-0.25, -0.2) is 9.37 Å². The fraction of sp³-hybridized carbons (Fsp3) is 0.368. The molecular formula is C19H20Cl2FN3O2. The van der Waals surface area contributed by atoms with E-state index >= 15 is 0 Å². The van der Waals surface area contributed by atoms with E-state index in [1.807, 2.05) is 0 Å². The van der Waals surface area contributed by atoms with Crippen molar-refractivity contribution in [3.63, 3.8) is 0 Å². The summed E-state index contributed by atoms with van der Waals surface area (Å²) in [7, 11) is 0. The minimum absolute atomic E-state index is 0.0885. The van der Waals surface area contributed by atoms with Gasteiger partial charge in [0, 0.05) is 32.5 Å². The number of nitrogens with one attached hydrogen (secondary N) is 2. The van der Waals surface area contributed by atoms with E-state index in [9.17, 15) is 9.18 Å². The minimum atomic E-state index is -0.706. The molecule has 144 valence electrons. The van der Waals surface area contributed by atoms with Crippen LogP contribution in [-0.2, 0) is 14.9 Å². The van der Waals surface area contributed by atoms with E-state index in [4.69, 9.17) is 27.9 Å². The van der Waals surface area contributed by atoms with Crippen molar-refractivity contribution in [3.8, 4) is 0 Å². The summed E-state index contributed by atoms with van der Waals surface area (Å²) in [5, 5.41) is 6.90. The molecule has 0 bridgehead atoms. The summed E-state index contributed by atoms with van der Waals surface area (Å²) in [6.07, 6.45) is 2.62. The summed E-state index contributed by atoms with van der Waals surface area (Å²) < 4.78 is 18.7. The number of rotatable bonds is 6. The average molecular weight is 412 g/mol. The van der Waals surface area contributed by atoms with Crippen molar-refractivity contribution in [1.82, 2.24) is 10.3 Å². The number of benzene rings is 1. The third kappa shape index (κ3) is 4.69. The minimum Gasteiger partial charge on any atom is -0.381 e. The van der Waals surface area contributed by atoms with Crippen LogP contribution in [0.3, 0.4) is 0 Å². The molecule has 1 fully saturated rings. The number of hydrogen-bond acceptors (Lipinski definition) is 4. The number of pyridine rings is 1. The Bertz CT molecular complexity index is 796. The Morgan fingerprint density at radius 3 is 2.56 bits per heavy atom. The highest BCUT2D eigenvalue weighted by Gasteiger charge is 2.41. The van der Waals surface area contributed by atoms with Gasteiger partial charge in [0.15, 0.2) is 0 Å². The van der Waals surface area contributed by atoms with Gasteiger partial charge in [0.1, 0.15) is 11.6 Å². The maximum absolute atomic E-state index is 13.3. The fourth-order valence-electron chi connectivity index (χ4n) is 3.21. The molecule has 1 aromatic heterocycles. The van der Waals surface area contributed by atoms with Gasteiger partial charge in [0.25, 0.3) is 0 Å². The number of halogens is 3. The Balaban J connectivity index is 1.62. The van der Waals surface area contributed by atoms with Gasteiger partial charge in [-0.15, -0.1) is 0 Å². The first-order chi connectivity index (χ1) is 13.0. The average Bonchev–Trinajstić information content (AvgIpc) is 2.67. The van der Waals surface area contributed by atoms with Crippen molar-refractivity contribution in [1.29, 1.82) is 0 Å². The third-order valence-corrected chi connectivity index (χ3v) is 5.18. The molecule has 0 saturated carbocycles. The van der Waals surface area contributed by atoms with Crippen LogP contribution in [0.1, 0.15) is 18.4 Å². The van der Waals surface area contributed by atoms with Crippen LogP contribution in [0.25, 0.3) is 0 Å². The van der Waals surface area contributed by atoms with E-state index in [0.29, 0.717) is 55.0 Å². The molecule has 3 rings (SSSR count). The highest BCUT2D eigenvalue weighted by atomic mass is 35.5. The first kappa shape index (κ1) is 19.9. The maximum Gasteiger partial charge on any atom is 0.230 e. The molecule has 1 aromatic carbocycles. The maximum atomic E-state index is 13.3. The second-order valence-electron chi connectivity index (χ2n) is 6.37. The highest BCUT2D eigenvalue weighted by Crippen LogP contribution is 2.35. The zero-order valence-corrected chi connectivity index (χ0v) is 16.1. The molecule has 8 heteroatoms. The monoisotopic (exact) mass is 411 g/mol. The lowest BCUT2D eigenvalue weighted by atomic mass is 9.73. The number of amides is 1. The van der Waals surface area contributed by atoms with Crippen LogP contribution in [-0.4, -0.2) is 37.2 Å². The summed E-state index contributed by atoms with van der Waals surface area (Å²) >= 11 is 11.9. The van der Waals surface area contributed by atoms with Crippen molar-refractivity contribution < 1.29 is 13.9 Å². The van der Waals surface area contributed by atoms with Gasteiger partial charge in [-0.2, -0.15) is 0 Å². The summed E-state index contributed by atoms with van der Waals surface area (Å²) in [5.41, 5.74) is 0.0994.